The summed E-state index contributed by atoms with van der Waals surface area (Å²) < 4.78 is 5.56. The molecule has 0 saturated heterocycles. The van der Waals surface area contributed by atoms with E-state index in [9.17, 15) is 19.8 Å². The number of hydrogen-bond donors (Lipinski definition) is 3. The van der Waals surface area contributed by atoms with E-state index in [0.717, 1.165) is 0 Å². The van der Waals surface area contributed by atoms with Crippen molar-refractivity contribution in [3.05, 3.63) is 58.3 Å². The molecule has 2 aromatic carbocycles. The van der Waals surface area contributed by atoms with Crippen LogP contribution in [0.5, 0.6) is 11.5 Å². The largest absolute Gasteiger partial charge is 0.504 e. The molecule has 0 aliphatic carbocycles. The first-order valence-corrected chi connectivity index (χ1v) is 6.82. The lowest BCUT2D eigenvalue weighted by atomic mass is 10.1. The van der Waals surface area contributed by atoms with Crippen molar-refractivity contribution in [2.75, 3.05) is 7.05 Å². The minimum Gasteiger partial charge on any atom is -0.504 e. The summed E-state index contributed by atoms with van der Waals surface area (Å²) in [4.78, 5) is 23.7. The molecule has 1 heterocycles. The molecule has 6 nitrogen and oxygen atoms in total. The van der Waals surface area contributed by atoms with E-state index in [1.54, 1.807) is 24.3 Å². The van der Waals surface area contributed by atoms with Crippen LogP contribution < -0.4 is 10.7 Å². The van der Waals surface area contributed by atoms with Gasteiger partial charge in [-0.05, 0) is 24.3 Å². The number of amides is 1. The molecule has 116 valence electrons. The number of aromatic hydroxyl groups is 2. The van der Waals surface area contributed by atoms with Crippen molar-refractivity contribution < 1.29 is 19.4 Å². The maximum absolute atomic E-state index is 12.1. The lowest BCUT2D eigenvalue weighted by molar-refractivity contribution is 0.0963. The zero-order chi connectivity index (χ0) is 16.6. The number of phenols is 2. The summed E-state index contributed by atoms with van der Waals surface area (Å²) in [5.74, 6) is -0.845. The molecule has 0 aliphatic rings. The molecule has 1 amide bonds. The van der Waals surface area contributed by atoms with Gasteiger partial charge in [0.05, 0.1) is 5.39 Å². The summed E-state index contributed by atoms with van der Waals surface area (Å²) >= 11 is 0. The van der Waals surface area contributed by atoms with Gasteiger partial charge in [0, 0.05) is 24.2 Å². The number of carbonyl (C=O) groups excluding carboxylic acids is 1. The lowest BCUT2D eigenvalue weighted by Crippen LogP contribution is -2.17. The predicted octanol–water partition coefficient (Wildman–Crippen LogP) is 2.23. The van der Waals surface area contributed by atoms with Crippen LogP contribution in [0.1, 0.15) is 10.4 Å². The molecule has 3 rings (SSSR count). The molecule has 0 aliphatic heterocycles. The molecular formula is C17H13NO5. The number of carbonyl (C=O) groups is 1. The second-order valence-electron chi connectivity index (χ2n) is 4.94. The summed E-state index contributed by atoms with van der Waals surface area (Å²) in [5.41, 5.74) is 0.620. The van der Waals surface area contributed by atoms with Crippen molar-refractivity contribution in [3.8, 4) is 22.8 Å². The fourth-order valence-corrected chi connectivity index (χ4v) is 2.27. The normalized spacial score (nSPS) is 10.7. The Bertz CT molecular complexity index is 957. The Morgan fingerprint density at radius 2 is 1.78 bits per heavy atom. The van der Waals surface area contributed by atoms with Gasteiger partial charge in [-0.25, -0.2) is 0 Å². The van der Waals surface area contributed by atoms with Gasteiger partial charge in [-0.1, -0.05) is 12.1 Å². The molecule has 6 heteroatoms. The number of nitrogens with one attached hydrogen (secondary N) is 1. The van der Waals surface area contributed by atoms with Gasteiger partial charge in [0.15, 0.2) is 16.8 Å². The van der Waals surface area contributed by atoms with Gasteiger partial charge >= 0.3 is 0 Å². The van der Waals surface area contributed by atoms with Crippen molar-refractivity contribution in [1.82, 2.24) is 5.32 Å². The molecule has 0 radical (unpaired) electrons. The number of fused-ring (bicyclic) bond motifs is 1. The Hall–Kier alpha value is -3.28. The molecule has 0 spiro atoms. The summed E-state index contributed by atoms with van der Waals surface area (Å²) in [5, 5.41) is 22.1. The fourth-order valence-electron chi connectivity index (χ4n) is 2.27. The van der Waals surface area contributed by atoms with Gasteiger partial charge in [-0.3, -0.25) is 9.59 Å². The molecule has 23 heavy (non-hydrogen) atoms. The van der Waals surface area contributed by atoms with Crippen LogP contribution in [0.3, 0.4) is 0 Å². The van der Waals surface area contributed by atoms with E-state index >= 15 is 0 Å². The smallest absolute Gasteiger partial charge is 0.251 e. The SMILES string of the molecule is CNC(=O)c1ccc(-c2cc(=O)c3ccc(O)c(O)c3o2)cc1. The van der Waals surface area contributed by atoms with Crippen molar-refractivity contribution in [1.29, 1.82) is 0 Å². The molecular weight excluding hydrogens is 298 g/mol. The maximum atomic E-state index is 12.1. The number of benzene rings is 2. The van der Waals surface area contributed by atoms with Gasteiger partial charge in [-0.2, -0.15) is 0 Å². The molecule has 3 aromatic rings. The third-order valence-electron chi connectivity index (χ3n) is 3.51. The van der Waals surface area contributed by atoms with E-state index in [2.05, 4.69) is 5.32 Å². The zero-order valence-electron chi connectivity index (χ0n) is 12.2. The highest BCUT2D eigenvalue weighted by atomic mass is 16.4. The van der Waals surface area contributed by atoms with Gasteiger partial charge in [-0.15, -0.1) is 0 Å². The minimum absolute atomic E-state index is 0.0807. The third-order valence-corrected chi connectivity index (χ3v) is 3.51. The van der Waals surface area contributed by atoms with E-state index in [-0.39, 0.29) is 33.8 Å². The van der Waals surface area contributed by atoms with Crippen LogP contribution in [-0.2, 0) is 0 Å². The van der Waals surface area contributed by atoms with Crippen LogP contribution in [0.25, 0.3) is 22.3 Å². The number of phenolic OH excluding ortho intramolecular Hbond substituents is 2. The first-order chi connectivity index (χ1) is 11.0. The van der Waals surface area contributed by atoms with Crippen LogP contribution in [-0.4, -0.2) is 23.2 Å². The second-order valence-corrected chi connectivity index (χ2v) is 4.94. The Balaban J connectivity index is 2.15. The number of rotatable bonds is 2. The summed E-state index contributed by atoms with van der Waals surface area (Å²) in [6, 6.07) is 10.4. The maximum Gasteiger partial charge on any atom is 0.251 e. The molecule has 0 atom stereocenters. The first kappa shape index (κ1) is 14.6. The molecule has 0 unspecified atom stereocenters. The summed E-state index contributed by atoms with van der Waals surface area (Å²) in [6.45, 7) is 0. The van der Waals surface area contributed by atoms with Crippen molar-refractivity contribution >= 4 is 16.9 Å². The average Bonchev–Trinajstić information content (AvgIpc) is 2.57. The lowest BCUT2D eigenvalue weighted by Gasteiger charge is -2.06. The highest BCUT2D eigenvalue weighted by molar-refractivity contribution is 5.94. The minimum atomic E-state index is -0.483. The van der Waals surface area contributed by atoms with Crippen LogP contribution in [0.2, 0.25) is 0 Å². The van der Waals surface area contributed by atoms with E-state index in [1.165, 1.54) is 25.2 Å². The topological polar surface area (TPSA) is 99.8 Å². The Labute approximate surface area is 130 Å². The first-order valence-electron chi connectivity index (χ1n) is 6.82. The second kappa shape index (κ2) is 5.49. The van der Waals surface area contributed by atoms with Gasteiger partial charge in [0.1, 0.15) is 5.76 Å². The highest BCUT2D eigenvalue weighted by Gasteiger charge is 2.13. The van der Waals surface area contributed by atoms with Gasteiger partial charge in [0.25, 0.3) is 5.91 Å². The molecule has 0 fully saturated rings. The fraction of sp³-hybridized carbons (Fsp3) is 0.0588. The van der Waals surface area contributed by atoms with E-state index in [0.29, 0.717) is 11.1 Å². The Kier molecular flexibility index (Phi) is 3.50. The zero-order valence-corrected chi connectivity index (χ0v) is 12.2. The summed E-state index contributed by atoms with van der Waals surface area (Å²) in [7, 11) is 1.54. The quantitative estimate of drug-likeness (QED) is 0.630. The van der Waals surface area contributed by atoms with Crippen molar-refractivity contribution in [3.63, 3.8) is 0 Å². The Morgan fingerprint density at radius 1 is 1.09 bits per heavy atom. The molecule has 0 bridgehead atoms. The van der Waals surface area contributed by atoms with Crippen LogP contribution >= 0.6 is 0 Å². The van der Waals surface area contributed by atoms with E-state index < -0.39 is 5.75 Å². The standard InChI is InChI=1S/C17H13NO5/c1-18-17(22)10-4-2-9(3-5-10)14-8-13(20)11-6-7-12(19)15(21)16(11)23-14/h2-8,19,21H,1H3,(H,18,22). The summed E-state index contributed by atoms with van der Waals surface area (Å²) in [6.07, 6.45) is 0. The molecule has 3 N–H and O–H groups in total. The van der Waals surface area contributed by atoms with Gasteiger partial charge in [0.2, 0.25) is 5.75 Å². The van der Waals surface area contributed by atoms with E-state index in [4.69, 9.17) is 4.42 Å². The highest BCUT2D eigenvalue weighted by Crippen LogP contribution is 2.34. The van der Waals surface area contributed by atoms with Crippen LogP contribution in [0.4, 0.5) is 0 Å². The molecule has 0 saturated carbocycles. The monoisotopic (exact) mass is 311 g/mol. The average molecular weight is 311 g/mol. The van der Waals surface area contributed by atoms with Crippen LogP contribution in [0.15, 0.2) is 51.7 Å². The third kappa shape index (κ3) is 2.50. The molecule has 1 aromatic heterocycles. The predicted molar refractivity (Wildman–Crippen MR) is 84.6 cm³/mol. The van der Waals surface area contributed by atoms with Crippen molar-refractivity contribution in [2.45, 2.75) is 0 Å². The Morgan fingerprint density at radius 3 is 2.43 bits per heavy atom. The van der Waals surface area contributed by atoms with Crippen molar-refractivity contribution in [2.24, 2.45) is 0 Å². The number of hydrogen-bond acceptors (Lipinski definition) is 5. The van der Waals surface area contributed by atoms with Gasteiger partial charge < -0.3 is 19.9 Å². The van der Waals surface area contributed by atoms with E-state index in [1.807, 2.05) is 0 Å². The van der Waals surface area contributed by atoms with Crippen LogP contribution in [0, 0.1) is 0 Å².